The molecule has 0 aromatic heterocycles. The van der Waals surface area contributed by atoms with Crippen LogP contribution in [0.15, 0.2) is 46.9 Å². The van der Waals surface area contributed by atoms with Gasteiger partial charge in [0.1, 0.15) is 0 Å². The highest BCUT2D eigenvalue weighted by Crippen LogP contribution is 2.22. The van der Waals surface area contributed by atoms with Crippen LogP contribution in [0.2, 0.25) is 0 Å². The Morgan fingerprint density at radius 3 is 2.65 bits per heavy atom. The molecule has 0 aliphatic heterocycles. The van der Waals surface area contributed by atoms with Crippen molar-refractivity contribution >= 4 is 33.2 Å². The summed E-state index contributed by atoms with van der Waals surface area (Å²) in [5, 5.41) is 6.20. The van der Waals surface area contributed by atoms with E-state index in [1.54, 1.807) is 0 Å². The Hall–Kier alpha value is -1.81. The average Bonchev–Trinajstić information content (AvgIpc) is 2.40. The zero-order valence-corrected chi connectivity index (χ0v) is 13.1. The molecule has 2 aromatic carbocycles. The van der Waals surface area contributed by atoms with Crippen LogP contribution in [0.1, 0.15) is 18.1 Å². The lowest BCUT2D eigenvalue weighted by Crippen LogP contribution is -2.08. The van der Waals surface area contributed by atoms with Gasteiger partial charge in [-0.25, -0.2) is 0 Å². The smallest absolute Gasteiger partial charge is 0.221 e. The molecule has 2 rings (SSSR count). The minimum Gasteiger partial charge on any atom is -0.381 e. The van der Waals surface area contributed by atoms with Crippen LogP contribution in [0, 0.1) is 6.92 Å². The summed E-state index contributed by atoms with van der Waals surface area (Å²) in [4.78, 5) is 11.2. The van der Waals surface area contributed by atoms with Crippen LogP contribution in [0.3, 0.4) is 0 Å². The molecule has 104 valence electrons. The normalized spacial score (nSPS) is 10.2. The summed E-state index contributed by atoms with van der Waals surface area (Å²) in [7, 11) is 0. The predicted molar refractivity (Wildman–Crippen MR) is 87.0 cm³/mol. The maximum absolute atomic E-state index is 11.2. The van der Waals surface area contributed by atoms with Gasteiger partial charge in [-0.1, -0.05) is 40.2 Å². The van der Waals surface area contributed by atoms with E-state index in [9.17, 15) is 4.79 Å². The molecule has 0 radical (unpaired) electrons. The van der Waals surface area contributed by atoms with Gasteiger partial charge in [0.15, 0.2) is 0 Å². The van der Waals surface area contributed by atoms with Crippen LogP contribution in [0.25, 0.3) is 0 Å². The Bertz CT molecular complexity index is 626. The molecule has 0 bridgehead atoms. The number of nitrogens with one attached hydrogen (secondary N) is 2. The number of aryl methyl sites for hydroxylation is 1. The Balaban J connectivity index is 2.10. The van der Waals surface area contributed by atoms with Crippen molar-refractivity contribution in [3.05, 3.63) is 58.1 Å². The van der Waals surface area contributed by atoms with E-state index in [0.29, 0.717) is 0 Å². The summed E-state index contributed by atoms with van der Waals surface area (Å²) in [6, 6.07) is 14.1. The van der Waals surface area contributed by atoms with E-state index in [1.807, 2.05) is 43.3 Å². The molecule has 0 saturated heterocycles. The second kappa shape index (κ2) is 6.57. The van der Waals surface area contributed by atoms with Gasteiger partial charge in [-0.15, -0.1) is 0 Å². The number of halogens is 1. The molecule has 0 fully saturated rings. The maximum atomic E-state index is 11.2. The second-order valence-electron chi connectivity index (χ2n) is 4.66. The Kier molecular flexibility index (Phi) is 4.79. The third-order valence-electron chi connectivity index (χ3n) is 2.99. The molecule has 0 unspecified atom stereocenters. The molecule has 1 amide bonds. The number of carbonyl (C=O) groups excluding carboxylic acids is 1. The van der Waals surface area contributed by atoms with Gasteiger partial charge < -0.3 is 10.6 Å². The van der Waals surface area contributed by atoms with Crippen molar-refractivity contribution in [1.29, 1.82) is 0 Å². The quantitative estimate of drug-likeness (QED) is 0.874. The summed E-state index contributed by atoms with van der Waals surface area (Å²) < 4.78 is 1.08. The van der Waals surface area contributed by atoms with Crippen LogP contribution in [0.5, 0.6) is 0 Å². The van der Waals surface area contributed by atoms with Gasteiger partial charge in [0, 0.05) is 29.3 Å². The highest BCUT2D eigenvalue weighted by molar-refractivity contribution is 9.10. The van der Waals surface area contributed by atoms with Gasteiger partial charge in [0.25, 0.3) is 0 Å². The molecule has 0 atom stereocenters. The topological polar surface area (TPSA) is 41.1 Å². The number of benzene rings is 2. The fourth-order valence-electron chi connectivity index (χ4n) is 1.90. The first-order valence-corrected chi connectivity index (χ1v) is 7.21. The van der Waals surface area contributed by atoms with E-state index in [2.05, 4.69) is 32.6 Å². The van der Waals surface area contributed by atoms with Crippen molar-refractivity contribution in [3.63, 3.8) is 0 Å². The fourth-order valence-corrected chi connectivity index (χ4v) is 2.32. The van der Waals surface area contributed by atoms with E-state index in [4.69, 9.17) is 0 Å². The number of amides is 1. The van der Waals surface area contributed by atoms with Gasteiger partial charge in [-0.2, -0.15) is 0 Å². The van der Waals surface area contributed by atoms with Gasteiger partial charge in [-0.05, 0) is 36.2 Å². The second-order valence-corrected chi connectivity index (χ2v) is 5.51. The summed E-state index contributed by atoms with van der Waals surface area (Å²) in [6.07, 6.45) is 0. The Morgan fingerprint density at radius 1 is 1.20 bits per heavy atom. The molecular formula is C16H17BrN2O. The van der Waals surface area contributed by atoms with Crippen molar-refractivity contribution in [3.8, 4) is 0 Å². The van der Waals surface area contributed by atoms with Gasteiger partial charge in [0.2, 0.25) is 5.91 Å². The van der Waals surface area contributed by atoms with Gasteiger partial charge >= 0.3 is 0 Å². The van der Waals surface area contributed by atoms with Crippen molar-refractivity contribution in [2.75, 3.05) is 10.6 Å². The lowest BCUT2D eigenvalue weighted by Gasteiger charge is -2.12. The third-order valence-corrected chi connectivity index (χ3v) is 3.76. The molecule has 20 heavy (non-hydrogen) atoms. The first-order valence-electron chi connectivity index (χ1n) is 6.42. The van der Waals surface area contributed by atoms with Gasteiger partial charge in [-0.3, -0.25) is 4.79 Å². The molecular weight excluding hydrogens is 316 g/mol. The van der Waals surface area contributed by atoms with E-state index in [-0.39, 0.29) is 5.91 Å². The van der Waals surface area contributed by atoms with E-state index in [1.165, 1.54) is 12.5 Å². The van der Waals surface area contributed by atoms with Crippen molar-refractivity contribution in [1.82, 2.24) is 0 Å². The fraction of sp³-hybridized carbons (Fsp3) is 0.188. The van der Waals surface area contributed by atoms with Crippen LogP contribution in [0.4, 0.5) is 11.4 Å². The monoisotopic (exact) mass is 332 g/mol. The third kappa shape index (κ3) is 3.84. The number of hydrogen-bond donors (Lipinski definition) is 2. The Labute approximate surface area is 127 Å². The summed E-state index contributed by atoms with van der Waals surface area (Å²) >= 11 is 3.53. The largest absolute Gasteiger partial charge is 0.381 e. The number of hydrogen-bond acceptors (Lipinski definition) is 2. The molecule has 4 heteroatoms. The minimum atomic E-state index is -0.0592. The number of carbonyl (C=O) groups is 1. The molecule has 2 N–H and O–H groups in total. The molecule has 0 saturated carbocycles. The van der Waals surface area contributed by atoms with E-state index < -0.39 is 0 Å². The van der Waals surface area contributed by atoms with Gasteiger partial charge in [0.05, 0.1) is 0 Å². The summed E-state index contributed by atoms with van der Waals surface area (Å²) in [5.74, 6) is -0.0592. The number of anilines is 2. The zero-order valence-electron chi connectivity index (χ0n) is 11.5. The van der Waals surface area contributed by atoms with Crippen molar-refractivity contribution < 1.29 is 4.79 Å². The summed E-state index contributed by atoms with van der Waals surface area (Å²) in [6.45, 7) is 4.22. The molecule has 0 aliphatic rings. The van der Waals surface area contributed by atoms with Crippen molar-refractivity contribution in [2.45, 2.75) is 20.4 Å². The first-order chi connectivity index (χ1) is 9.56. The highest BCUT2D eigenvalue weighted by atomic mass is 79.9. The average molecular weight is 333 g/mol. The summed E-state index contributed by atoms with van der Waals surface area (Å²) in [5.41, 5.74) is 4.06. The van der Waals surface area contributed by atoms with E-state index in [0.717, 1.165) is 28.0 Å². The molecule has 0 heterocycles. The lowest BCUT2D eigenvalue weighted by atomic mass is 10.1. The van der Waals surface area contributed by atoms with Crippen LogP contribution >= 0.6 is 15.9 Å². The highest BCUT2D eigenvalue weighted by Gasteiger charge is 2.03. The number of rotatable bonds is 4. The minimum absolute atomic E-state index is 0.0592. The molecule has 0 aliphatic carbocycles. The lowest BCUT2D eigenvalue weighted by molar-refractivity contribution is -0.114. The molecule has 2 aromatic rings. The molecule has 0 spiro atoms. The van der Waals surface area contributed by atoms with Crippen LogP contribution in [-0.2, 0) is 11.3 Å². The molecule has 3 nitrogen and oxygen atoms in total. The SMILES string of the molecule is CC(=O)Nc1cc(NCc2ccccc2Br)ccc1C. The zero-order chi connectivity index (χ0) is 14.5. The van der Waals surface area contributed by atoms with Crippen LogP contribution in [-0.4, -0.2) is 5.91 Å². The Morgan fingerprint density at radius 2 is 1.95 bits per heavy atom. The maximum Gasteiger partial charge on any atom is 0.221 e. The van der Waals surface area contributed by atoms with E-state index >= 15 is 0 Å². The van der Waals surface area contributed by atoms with Crippen LogP contribution < -0.4 is 10.6 Å². The predicted octanol–water partition coefficient (Wildman–Crippen LogP) is 4.33. The van der Waals surface area contributed by atoms with Crippen molar-refractivity contribution in [2.24, 2.45) is 0 Å². The standard InChI is InChI=1S/C16H17BrN2O/c1-11-7-8-14(9-16(11)19-12(2)20)18-10-13-5-3-4-6-15(13)17/h3-9,18H,10H2,1-2H3,(H,19,20). The first kappa shape index (κ1) is 14.6.